The maximum atomic E-state index is 12.8. The van der Waals surface area contributed by atoms with E-state index in [1.165, 1.54) is 43.5 Å². The lowest BCUT2D eigenvalue weighted by Gasteiger charge is -2.35. The number of fused-ring (bicyclic) bond motifs is 2. The highest BCUT2D eigenvalue weighted by Gasteiger charge is 2.41. The van der Waals surface area contributed by atoms with E-state index >= 15 is 0 Å². The molecule has 2 aliphatic rings. The summed E-state index contributed by atoms with van der Waals surface area (Å²) in [6.45, 7) is -0.628. The summed E-state index contributed by atoms with van der Waals surface area (Å²) in [5.41, 5.74) is 0.409. The summed E-state index contributed by atoms with van der Waals surface area (Å²) in [6.07, 6.45) is -5.07. The first-order chi connectivity index (χ1) is 18.4. The van der Waals surface area contributed by atoms with Gasteiger partial charge in [0, 0.05) is 17.7 Å². The number of benzene rings is 3. The Bertz CT molecular complexity index is 1550. The molecule has 0 aromatic heterocycles. The molecule has 0 spiro atoms. The molecule has 5 rings (SSSR count). The van der Waals surface area contributed by atoms with Crippen molar-refractivity contribution in [3.05, 3.63) is 65.2 Å². The van der Waals surface area contributed by atoms with Gasteiger partial charge in [-0.15, -0.1) is 0 Å². The van der Waals surface area contributed by atoms with Crippen LogP contribution in [0.25, 0.3) is 0 Å². The summed E-state index contributed by atoms with van der Waals surface area (Å²) in [4.78, 5) is 12.8. The molecule has 2 heterocycles. The standard InChI is InChI=1S/C25H22O13S/c1-34-17-6-11(2-4-14(17)27)24-20(10-35-39(31,32)33)36-16-5-3-12(7-18(16)37-24)25-23(30)22(29)21-15(28)8-13(26)9-19(21)38-25/h2-9,20,23-28,30H,10H2,1H3,(H,31,32,33). The molecule has 39 heavy (non-hydrogen) atoms. The summed E-state index contributed by atoms with van der Waals surface area (Å²) in [6, 6.07) is 10.7. The smallest absolute Gasteiger partial charge is 0.397 e. The number of ether oxygens (including phenoxy) is 4. The third-order valence-electron chi connectivity index (χ3n) is 6.20. The highest BCUT2D eigenvalue weighted by Crippen LogP contribution is 2.46. The number of hydrogen-bond donors (Lipinski definition) is 5. The average Bonchev–Trinajstić information content (AvgIpc) is 2.88. The zero-order chi connectivity index (χ0) is 28.1. The van der Waals surface area contributed by atoms with Gasteiger partial charge in [0.2, 0.25) is 5.78 Å². The predicted molar refractivity (Wildman–Crippen MR) is 130 cm³/mol. The van der Waals surface area contributed by atoms with Gasteiger partial charge in [-0.1, -0.05) is 12.1 Å². The predicted octanol–water partition coefficient (Wildman–Crippen LogP) is 2.19. The zero-order valence-corrected chi connectivity index (χ0v) is 20.9. The van der Waals surface area contributed by atoms with Crippen molar-refractivity contribution in [2.24, 2.45) is 0 Å². The van der Waals surface area contributed by atoms with Gasteiger partial charge in [0.1, 0.15) is 29.4 Å². The van der Waals surface area contributed by atoms with Crippen LogP contribution in [0.15, 0.2) is 48.5 Å². The van der Waals surface area contributed by atoms with E-state index in [1.807, 2.05) is 0 Å². The molecule has 13 nitrogen and oxygen atoms in total. The Kier molecular flexibility index (Phi) is 6.64. The number of carbonyl (C=O) groups is 1. The van der Waals surface area contributed by atoms with Crippen molar-refractivity contribution in [3.63, 3.8) is 0 Å². The Morgan fingerprint density at radius 1 is 0.846 bits per heavy atom. The zero-order valence-electron chi connectivity index (χ0n) is 20.0. The molecule has 0 fully saturated rings. The van der Waals surface area contributed by atoms with Crippen LogP contribution < -0.4 is 18.9 Å². The van der Waals surface area contributed by atoms with Gasteiger partial charge in [-0.25, -0.2) is 4.18 Å². The first kappa shape index (κ1) is 26.4. The van der Waals surface area contributed by atoms with Crippen LogP contribution in [0.5, 0.6) is 40.2 Å². The lowest BCUT2D eigenvalue weighted by atomic mass is 9.92. The number of aliphatic hydroxyl groups is 1. The lowest BCUT2D eigenvalue weighted by molar-refractivity contribution is -0.00803. The van der Waals surface area contributed by atoms with Crippen molar-refractivity contribution in [2.45, 2.75) is 24.4 Å². The number of rotatable bonds is 6. The fourth-order valence-electron chi connectivity index (χ4n) is 4.42. The monoisotopic (exact) mass is 562 g/mol. The second kappa shape index (κ2) is 9.81. The van der Waals surface area contributed by atoms with Crippen LogP contribution >= 0.6 is 0 Å². The van der Waals surface area contributed by atoms with E-state index in [1.54, 1.807) is 0 Å². The Morgan fingerprint density at radius 3 is 2.26 bits per heavy atom. The number of ketones is 1. The van der Waals surface area contributed by atoms with E-state index in [-0.39, 0.29) is 45.6 Å². The molecule has 0 saturated carbocycles. The fraction of sp³-hybridized carbons (Fsp3) is 0.240. The number of aliphatic hydroxyl groups excluding tert-OH is 1. The molecule has 0 aliphatic carbocycles. The second-order valence-corrected chi connectivity index (χ2v) is 9.82. The van der Waals surface area contributed by atoms with E-state index in [0.717, 1.165) is 12.1 Å². The summed E-state index contributed by atoms with van der Waals surface area (Å²) in [7, 11) is -3.46. The number of hydrogen-bond acceptors (Lipinski definition) is 12. The first-order valence-corrected chi connectivity index (χ1v) is 12.7. The Balaban J connectivity index is 1.50. The molecule has 5 N–H and O–H groups in total. The maximum absolute atomic E-state index is 12.8. The number of aromatic hydroxyl groups is 3. The van der Waals surface area contributed by atoms with Gasteiger partial charge in [0.15, 0.2) is 47.4 Å². The van der Waals surface area contributed by atoms with Crippen molar-refractivity contribution in [2.75, 3.05) is 13.7 Å². The SMILES string of the molecule is COc1cc(C2Oc3cc(C4Oc5cc(O)cc(O)c5C(=O)C4O)ccc3OC2COS(=O)(=O)O)ccc1O. The molecule has 0 saturated heterocycles. The van der Waals surface area contributed by atoms with Gasteiger partial charge < -0.3 is 39.4 Å². The van der Waals surface area contributed by atoms with Crippen molar-refractivity contribution < 1.29 is 61.3 Å². The topological polar surface area (TPSA) is 199 Å². The fourth-order valence-corrected chi connectivity index (χ4v) is 4.73. The molecule has 2 aliphatic heterocycles. The van der Waals surface area contributed by atoms with Crippen LogP contribution in [-0.4, -0.2) is 65.1 Å². The van der Waals surface area contributed by atoms with Gasteiger partial charge in [-0.3, -0.25) is 9.35 Å². The summed E-state index contributed by atoms with van der Waals surface area (Å²) in [5, 5.41) is 40.5. The van der Waals surface area contributed by atoms with Crippen molar-refractivity contribution in [1.82, 2.24) is 0 Å². The van der Waals surface area contributed by atoms with Crippen LogP contribution in [0.2, 0.25) is 0 Å². The molecule has 0 radical (unpaired) electrons. The number of methoxy groups -OCH3 is 1. The third kappa shape index (κ3) is 5.09. The van der Waals surface area contributed by atoms with Crippen molar-refractivity contribution in [3.8, 4) is 40.2 Å². The molecule has 4 unspecified atom stereocenters. The minimum Gasteiger partial charge on any atom is -0.508 e. The summed E-state index contributed by atoms with van der Waals surface area (Å²) >= 11 is 0. The van der Waals surface area contributed by atoms with Crippen LogP contribution in [0.4, 0.5) is 0 Å². The largest absolute Gasteiger partial charge is 0.508 e. The summed E-state index contributed by atoms with van der Waals surface area (Å²) in [5.74, 6) is -1.60. The van der Waals surface area contributed by atoms with Gasteiger partial charge in [0.25, 0.3) is 0 Å². The second-order valence-electron chi connectivity index (χ2n) is 8.73. The highest BCUT2D eigenvalue weighted by atomic mass is 32.3. The van der Waals surface area contributed by atoms with Crippen LogP contribution in [0.1, 0.15) is 33.7 Å². The molecule has 3 aromatic rings. The molecule has 3 aromatic carbocycles. The minimum atomic E-state index is -4.80. The van der Waals surface area contributed by atoms with Gasteiger partial charge >= 0.3 is 10.4 Å². The van der Waals surface area contributed by atoms with Crippen molar-refractivity contribution in [1.29, 1.82) is 0 Å². The Labute approximate surface area is 221 Å². The molecule has 0 amide bonds. The molecule has 14 heteroatoms. The number of Topliss-reactive ketones (excluding diaryl/α,β-unsaturated/α-hetero) is 1. The number of phenolic OH excluding ortho intramolecular Hbond substituents is 3. The van der Waals surface area contributed by atoms with E-state index in [9.17, 15) is 33.6 Å². The quantitative estimate of drug-likeness (QED) is 0.274. The van der Waals surface area contributed by atoms with Gasteiger partial charge in [-0.05, 0) is 29.8 Å². The Hall–Kier alpha value is -4.24. The van der Waals surface area contributed by atoms with E-state index in [0.29, 0.717) is 5.56 Å². The normalized spacial score (nSPS) is 22.1. The minimum absolute atomic E-state index is 0.104. The molecule has 206 valence electrons. The van der Waals surface area contributed by atoms with Crippen LogP contribution in [0.3, 0.4) is 0 Å². The summed E-state index contributed by atoms with van der Waals surface area (Å²) < 4.78 is 58.9. The third-order valence-corrected chi connectivity index (χ3v) is 6.64. The average molecular weight is 563 g/mol. The molecule has 4 atom stereocenters. The van der Waals surface area contributed by atoms with E-state index in [4.69, 9.17) is 23.5 Å². The first-order valence-electron chi connectivity index (χ1n) is 11.4. The van der Waals surface area contributed by atoms with E-state index in [2.05, 4.69) is 4.18 Å². The number of carbonyl (C=O) groups excluding carboxylic acids is 1. The van der Waals surface area contributed by atoms with Crippen LogP contribution in [0, 0.1) is 0 Å². The molecular weight excluding hydrogens is 540 g/mol. The van der Waals surface area contributed by atoms with Gasteiger partial charge in [-0.2, -0.15) is 8.42 Å². The highest BCUT2D eigenvalue weighted by molar-refractivity contribution is 7.80. The Morgan fingerprint density at radius 2 is 1.54 bits per heavy atom. The molecule has 0 bridgehead atoms. The van der Waals surface area contributed by atoms with E-state index < -0.39 is 53.0 Å². The lowest BCUT2D eigenvalue weighted by Crippen LogP contribution is -2.38. The maximum Gasteiger partial charge on any atom is 0.397 e. The van der Waals surface area contributed by atoms with Gasteiger partial charge in [0.05, 0.1) is 7.11 Å². The van der Waals surface area contributed by atoms with Crippen LogP contribution in [-0.2, 0) is 14.6 Å². The van der Waals surface area contributed by atoms with Crippen molar-refractivity contribution >= 4 is 16.2 Å². The molecular formula is C25H22O13S. The number of phenols is 3.